The van der Waals surface area contributed by atoms with E-state index in [-0.39, 0.29) is 17.2 Å². The van der Waals surface area contributed by atoms with Crippen molar-refractivity contribution in [2.24, 2.45) is 0 Å². The van der Waals surface area contributed by atoms with Crippen LogP contribution in [0.5, 0.6) is 28.7 Å². The van der Waals surface area contributed by atoms with Gasteiger partial charge in [-0.25, -0.2) is 0 Å². The maximum Gasteiger partial charge on any atom is 0.133 e. The molecule has 3 N–H and O–H groups in total. The number of aromatic hydroxyl groups is 3. The molecule has 0 fully saturated rings. The van der Waals surface area contributed by atoms with E-state index >= 15 is 0 Å². The highest BCUT2D eigenvalue weighted by Gasteiger charge is 2.21. The maximum atomic E-state index is 10.7. The van der Waals surface area contributed by atoms with Crippen molar-refractivity contribution in [1.82, 2.24) is 0 Å². The van der Waals surface area contributed by atoms with Crippen molar-refractivity contribution in [3.05, 3.63) is 94.0 Å². The minimum Gasteiger partial charge on any atom is -0.508 e. The first kappa shape index (κ1) is 24.0. The summed E-state index contributed by atoms with van der Waals surface area (Å²) in [6.07, 6.45) is 0. The van der Waals surface area contributed by atoms with Crippen molar-refractivity contribution in [2.75, 3.05) is 4.90 Å². The molecule has 0 spiro atoms. The van der Waals surface area contributed by atoms with Gasteiger partial charge in [-0.2, -0.15) is 0 Å². The molecule has 0 aliphatic carbocycles. The second-order valence-electron chi connectivity index (χ2n) is 9.09. The minimum atomic E-state index is 0.205. The van der Waals surface area contributed by atoms with E-state index in [0.29, 0.717) is 11.5 Å². The van der Waals surface area contributed by atoms with Gasteiger partial charge < -0.3 is 25.0 Å². The van der Waals surface area contributed by atoms with Gasteiger partial charge >= 0.3 is 0 Å². The summed E-state index contributed by atoms with van der Waals surface area (Å²) in [5.41, 5.74) is 7.15. The highest BCUT2D eigenvalue weighted by molar-refractivity contribution is 5.83. The zero-order valence-electron chi connectivity index (χ0n) is 21.0. The van der Waals surface area contributed by atoms with Gasteiger partial charge in [0.2, 0.25) is 0 Å². The minimum absolute atomic E-state index is 0.205. The summed E-state index contributed by atoms with van der Waals surface area (Å²) >= 11 is 0. The highest BCUT2D eigenvalue weighted by atomic mass is 16.5. The molecule has 0 amide bonds. The molecule has 0 saturated heterocycles. The molecule has 0 aliphatic heterocycles. The van der Waals surface area contributed by atoms with Crippen LogP contribution >= 0.6 is 0 Å². The SMILES string of the molecule is Cc1ccc(N(c2cccc(Oc3c(C)cc(O)cc3C)c2)c2ccc(C)c(O)c2C)c(C)c1O. The molecular formula is C30H31NO4. The smallest absolute Gasteiger partial charge is 0.133 e. The Bertz CT molecular complexity index is 1340. The average Bonchev–Trinajstić information content (AvgIpc) is 2.81. The molecule has 4 aromatic rings. The van der Waals surface area contributed by atoms with Gasteiger partial charge in [-0.15, -0.1) is 0 Å². The summed E-state index contributed by atoms with van der Waals surface area (Å²) in [7, 11) is 0. The number of ether oxygens (including phenoxy) is 1. The van der Waals surface area contributed by atoms with E-state index in [9.17, 15) is 15.3 Å². The number of aryl methyl sites for hydroxylation is 4. The van der Waals surface area contributed by atoms with E-state index in [4.69, 9.17) is 4.74 Å². The van der Waals surface area contributed by atoms with Gasteiger partial charge in [-0.1, -0.05) is 18.2 Å². The summed E-state index contributed by atoms with van der Waals surface area (Å²) in [6, 6.07) is 18.8. The molecule has 4 rings (SSSR count). The predicted octanol–water partition coefficient (Wildman–Crippen LogP) is 7.92. The van der Waals surface area contributed by atoms with Gasteiger partial charge in [0.15, 0.2) is 0 Å². The van der Waals surface area contributed by atoms with Crippen molar-refractivity contribution in [3.63, 3.8) is 0 Å². The van der Waals surface area contributed by atoms with Crippen molar-refractivity contribution in [3.8, 4) is 28.7 Å². The second kappa shape index (κ2) is 9.26. The Kier molecular flexibility index (Phi) is 6.35. The lowest BCUT2D eigenvalue weighted by molar-refractivity contribution is 0.458. The van der Waals surface area contributed by atoms with Crippen molar-refractivity contribution < 1.29 is 20.1 Å². The third kappa shape index (κ3) is 4.50. The van der Waals surface area contributed by atoms with Crippen LogP contribution in [0.15, 0.2) is 60.7 Å². The molecular weight excluding hydrogens is 438 g/mol. The van der Waals surface area contributed by atoms with Crippen LogP contribution in [0.3, 0.4) is 0 Å². The Morgan fingerprint density at radius 1 is 0.600 bits per heavy atom. The first-order valence-electron chi connectivity index (χ1n) is 11.5. The van der Waals surface area contributed by atoms with Crippen LogP contribution in [0, 0.1) is 41.5 Å². The Morgan fingerprint density at radius 2 is 1.11 bits per heavy atom. The summed E-state index contributed by atoms with van der Waals surface area (Å²) < 4.78 is 6.27. The van der Waals surface area contributed by atoms with Gasteiger partial charge in [-0.3, -0.25) is 0 Å². The molecule has 0 radical (unpaired) electrons. The molecule has 0 bridgehead atoms. The molecule has 0 aliphatic rings. The summed E-state index contributed by atoms with van der Waals surface area (Å²) in [5.74, 6) is 2.01. The quantitative estimate of drug-likeness (QED) is 0.277. The lowest BCUT2D eigenvalue weighted by Gasteiger charge is -2.30. The van der Waals surface area contributed by atoms with E-state index in [0.717, 1.165) is 50.4 Å². The number of hydrogen-bond donors (Lipinski definition) is 3. The van der Waals surface area contributed by atoms with Gasteiger partial charge in [0, 0.05) is 22.9 Å². The van der Waals surface area contributed by atoms with Crippen LogP contribution in [0.2, 0.25) is 0 Å². The van der Waals surface area contributed by atoms with Gasteiger partial charge in [0.05, 0.1) is 11.4 Å². The zero-order valence-corrected chi connectivity index (χ0v) is 21.0. The zero-order chi connectivity index (χ0) is 25.4. The molecule has 5 heteroatoms. The summed E-state index contributed by atoms with van der Waals surface area (Å²) in [5, 5.41) is 31.3. The third-order valence-corrected chi connectivity index (χ3v) is 6.43. The third-order valence-electron chi connectivity index (χ3n) is 6.43. The van der Waals surface area contributed by atoms with Crippen LogP contribution < -0.4 is 9.64 Å². The first-order valence-corrected chi connectivity index (χ1v) is 11.5. The molecule has 0 atom stereocenters. The van der Waals surface area contributed by atoms with E-state index in [1.807, 2.05) is 95.0 Å². The standard InChI is InChI=1S/C30H31NO4/c1-17-10-12-26(21(5)28(17)33)31(27-13-11-18(2)29(34)22(27)6)23-8-7-9-25(16-23)35-30-19(3)14-24(32)15-20(30)4/h7-16,32-34H,1-6H3. The fourth-order valence-electron chi connectivity index (χ4n) is 4.43. The molecule has 4 aromatic carbocycles. The number of benzene rings is 4. The summed E-state index contributed by atoms with van der Waals surface area (Å²) in [6.45, 7) is 11.3. The van der Waals surface area contributed by atoms with Gasteiger partial charge in [0.1, 0.15) is 28.7 Å². The Labute approximate surface area is 206 Å². The number of rotatable bonds is 5. The lowest BCUT2D eigenvalue weighted by Crippen LogP contribution is -2.13. The molecule has 35 heavy (non-hydrogen) atoms. The van der Waals surface area contributed by atoms with Crippen molar-refractivity contribution in [1.29, 1.82) is 0 Å². The van der Waals surface area contributed by atoms with Crippen LogP contribution in [-0.2, 0) is 0 Å². The average molecular weight is 470 g/mol. The van der Waals surface area contributed by atoms with E-state index in [1.165, 1.54) is 0 Å². The molecule has 0 saturated carbocycles. The van der Waals surface area contributed by atoms with Crippen molar-refractivity contribution >= 4 is 17.1 Å². The lowest BCUT2D eigenvalue weighted by atomic mass is 10.0. The van der Waals surface area contributed by atoms with Crippen LogP contribution in [-0.4, -0.2) is 15.3 Å². The number of nitrogens with zero attached hydrogens (tertiary/aromatic N) is 1. The Morgan fingerprint density at radius 3 is 1.63 bits per heavy atom. The Hall–Kier alpha value is -4.12. The monoisotopic (exact) mass is 469 g/mol. The molecule has 0 heterocycles. The first-order chi connectivity index (χ1) is 16.6. The maximum absolute atomic E-state index is 10.7. The fourth-order valence-corrected chi connectivity index (χ4v) is 4.43. The second-order valence-corrected chi connectivity index (χ2v) is 9.09. The number of phenols is 3. The topological polar surface area (TPSA) is 73.2 Å². The predicted molar refractivity (Wildman–Crippen MR) is 141 cm³/mol. The van der Waals surface area contributed by atoms with E-state index in [1.54, 1.807) is 12.1 Å². The number of anilines is 3. The fraction of sp³-hybridized carbons (Fsp3) is 0.200. The Balaban J connectivity index is 1.89. The number of phenolic OH excluding ortho intramolecular Hbond substituents is 3. The number of hydrogen-bond acceptors (Lipinski definition) is 5. The van der Waals surface area contributed by atoms with Crippen LogP contribution in [0.1, 0.15) is 33.4 Å². The van der Waals surface area contributed by atoms with E-state index in [2.05, 4.69) is 0 Å². The van der Waals surface area contributed by atoms with Gasteiger partial charge in [0.25, 0.3) is 0 Å². The summed E-state index contributed by atoms with van der Waals surface area (Å²) in [4.78, 5) is 2.02. The normalized spacial score (nSPS) is 10.9. The van der Waals surface area contributed by atoms with Gasteiger partial charge in [-0.05, 0) is 100 Å². The van der Waals surface area contributed by atoms with Crippen LogP contribution in [0.4, 0.5) is 17.1 Å². The molecule has 5 nitrogen and oxygen atoms in total. The van der Waals surface area contributed by atoms with Crippen LogP contribution in [0.25, 0.3) is 0 Å². The van der Waals surface area contributed by atoms with Crippen molar-refractivity contribution in [2.45, 2.75) is 41.5 Å². The molecule has 0 unspecified atom stereocenters. The highest BCUT2D eigenvalue weighted by Crippen LogP contribution is 2.44. The largest absolute Gasteiger partial charge is 0.508 e. The molecule has 0 aromatic heterocycles. The molecule has 180 valence electrons. The van der Waals surface area contributed by atoms with E-state index < -0.39 is 0 Å².